The molecule has 0 N–H and O–H groups in total. The zero-order chi connectivity index (χ0) is 11.1. The van der Waals surface area contributed by atoms with Crippen LogP contribution < -0.4 is 0 Å². The highest BCUT2D eigenvalue weighted by Gasteiger charge is 2.20. The molecule has 0 aromatic carbocycles. The van der Waals surface area contributed by atoms with Gasteiger partial charge >= 0.3 is 0 Å². The summed E-state index contributed by atoms with van der Waals surface area (Å²) in [4.78, 5) is 0. The fraction of sp³-hybridized carbons (Fsp3) is 0.333. The number of hydrogen-bond donors (Lipinski definition) is 0. The van der Waals surface area contributed by atoms with Crippen molar-refractivity contribution >= 4 is 0 Å². The van der Waals surface area contributed by atoms with Gasteiger partial charge in [-0.1, -0.05) is 57.2 Å². The number of hydrogen-bond acceptors (Lipinski definition) is 0. The summed E-state index contributed by atoms with van der Waals surface area (Å²) in [5.74, 6) is 0. The largest absolute Gasteiger partial charge is 0.0620 e. The molecule has 2 rings (SSSR count). The van der Waals surface area contributed by atoms with Crippen LogP contribution in [0.2, 0.25) is 0 Å². The number of rotatable bonds is 0. The van der Waals surface area contributed by atoms with Crippen LogP contribution in [-0.2, 0) is 5.41 Å². The molecule has 0 saturated carbocycles. The van der Waals surface area contributed by atoms with Crippen LogP contribution in [0.25, 0.3) is 11.1 Å². The van der Waals surface area contributed by atoms with Crippen molar-refractivity contribution in [2.75, 3.05) is 0 Å². The highest BCUT2D eigenvalue weighted by atomic mass is 14.2. The van der Waals surface area contributed by atoms with Gasteiger partial charge < -0.3 is 0 Å². The van der Waals surface area contributed by atoms with E-state index in [1.54, 1.807) is 0 Å². The molecule has 0 heterocycles. The van der Waals surface area contributed by atoms with Gasteiger partial charge in [-0.05, 0) is 34.6 Å². The molecular formula is C15H18. The van der Waals surface area contributed by atoms with Gasteiger partial charge in [0.05, 0.1) is 0 Å². The minimum atomic E-state index is 0.225. The Morgan fingerprint density at radius 2 is 1.47 bits per heavy atom. The Morgan fingerprint density at radius 3 is 2.13 bits per heavy atom. The summed E-state index contributed by atoms with van der Waals surface area (Å²) in [5, 5.41) is 0. The second-order valence-electron chi connectivity index (χ2n) is 5.23. The fourth-order valence-electron chi connectivity index (χ4n) is 2.11. The Hall–Kier alpha value is -1.30. The van der Waals surface area contributed by atoms with Crippen molar-refractivity contribution in [3.8, 4) is 11.1 Å². The van der Waals surface area contributed by atoms with Crippen LogP contribution in [0.15, 0.2) is 36.4 Å². The molecule has 0 aromatic heterocycles. The van der Waals surface area contributed by atoms with E-state index in [2.05, 4.69) is 64.1 Å². The van der Waals surface area contributed by atoms with Crippen LogP contribution in [0.4, 0.5) is 0 Å². The molecule has 78 valence electrons. The van der Waals surface area contributed by atoms with E-state index >= 15 is 0 Å². The van der Waals surface area contributed by atoms with Crippen molar-refractivity contribution in [1.82, 2.24) is 0 Å². The van der Waals surface area contributed by atoms with Crippen LogP contribution in [0.3, 0.4) is 0 Å². The SMILES string of the molecule is Cc1ccccc2c(C(C)(C)C)ccc1-2. The van der Waals surface area contributed by atoms with Gasteiger partial charge in [-0.3, -0.25) is 0 Å². The summed E-state index contributed by atoms with van der Waals surface area (Å²) in [5.41, 5.74) is 5.79. The first kappa shape index (κ1) is 10.2. The molecule has 0 saturated heterocycles. The summed E-state index contributed by atoms with van der Waals surface area (Å²) in [6.07, 6.45) is 0. The van der Waals surface area contributed by atoms with Crippen LogP contribution >= 0.6 is 0 Å². The Labute approximate surface area is 92.3 Å². The van der Waals surface area contributed by atoms with Crippen molar-refractivity contribution in [2.45, 2.75) is 33.1 Å². The Morgan fingerprint density at radius 1 is 0.800 bits per heavy atom. The lowest BCUT2D eigenvalue weighted by atomic mass is 9.85. The van der Waals surface area contributed by atoms with Gasteiger partial charge in [0, 0.05) is 0 Å². The van der Waals surface area contributed by atoms with Crippen molar-refractivity contribution in [2.24, 2.45) is 0 Å². The van der Waals surface area contributed by atoms with Gasteiger partial charge in [0.15, 0.2) is 0 Å². The fourth-order valence-corrected chi connectivity index (χ4v) is 2.11. The Bertz CT molecular complexity index is 446. The van der Waals surface area contributed by atoms with Crippen LogP contribution in [0.5, 0.6) is 0 Å². The number of fused-ring (bicyclic) bond motifs is 1. The van der Waals surface area contributed by atoms with E-state index in [1.165, 1.54) is 22.3 Å². The van der Waals surface area contributed by atoms with Gasteiger partial charge in [-0.25, -0.2) is 0 Å². The second-order valence-corrected chi connectivity index (χ2v) is 5.23. The average Bonchev–Trinajstić information content (AvgIpc) is 2.48. The van der Waals surface area contributed by atoms with E-state index in [9.17, 15) is 0 Å². The van der Waals surface area contributed by atoms with Gasteiger partial charge in [0.1, 0.15) is 0 Å². The van der Waals surface area contributed by atoms with E-state index in [4.69, 9.17) is 0 Å². The third kappa shape index (κ3) is 1.77. The molecule has 0 bridgehead atoms. The maximum absolute atomic E-state index is 2.27. The summed E-state index contributed by atoms with van der Waals surface area (Å²) in [6.45, 7) is 8.98. The van der Waals surface area contributed by atoms with Crippen molar-refractivity contribution in [1.29, 1.82) is 0 Å². The Balaban J connectivity index is 2.69. The van der Waals surface area contributed by atoms with Gasteiger partial charge in [-0.15, -0.1) is 0 Å². The lowest BCUT2D eigenvalue weighted by Gasteiger charge is -2.19. The summed E-state index contributed by atoms with van der Waals surface area (Å²) in [7, 11) is 0. The predicted octanol–water partition coefficient (Wildman–Crippen LogP) is 4.40. The molecule has 0 spiro atoms. The predicted molar refractivity (Wildman–Crippen MR) is 66.5 cm³/mol. The second kappa shape index (κ2) is 3.37. The first-order valence-electron chi connectivity index (χ1n) is 5.49. The minimum absolute atomic E-state index is 0.225. The van der Waals surface area contributed by atoms with Crippen LogP contribution in [-0.4, -0.2) is 0 Å². The lowest BCUT2D eigenvalue weighted by Crippen LogP contribution is -2.10. The Kier molecular flexibility index (Phi) is 2.30. The smallest absolute Gasteiger partial charge is 0.0126 e. The van der Waals surface area contributed by atoms with Crippen LogP contribution in [0, 0.1) is 6.92 Å². The zero-order valence-electron chi connectivity index (χ0n) is 9.96. The maximum atomic E-state index is 2.27. The van der Waals surface area contributed by atoms with E-state index < -0.39 is 0 Å². The summed E-state index contributed by atoms with van der Waals surface area (Å²) in [6, 6.07) is 13.1. The molecule has 0 heteroatoms. The molecular weight excluding hydrogens is 180 g/mol. The summed E-state index contributed by atoms with van der Waals surface area (Å²) >= 11 is 0. The molecule has 0 fully saturated rings. The third-order valence-electron chi connectivity index (χ3n) is 2.95. The molecule has 0 atom stereocenters. The van der Waals surface area contributed by atoms with Gasteiger partial charge in [-0.2, -0.15) is 0 Å². The molecule has 15 heavy (non-hydrogen) atoms. The van der Waals surface area contributed by atoms with Crippen molar-refractivity contribution in [3.63, 3.8) is 0 Å². The first-order chi connectivity index (χ1) is 7.00. The van der Waals surface area contributed by atoms with E-state index in [0.29, 0.717) is 0 Å². The third-order valence-corrected chi connectivity index (χ3v) is 2.95. The average molecular weight is 198 g/mol. The van der Waals surface area contributed by atoms with Gasteiger partial charge in [0.25, 0.3) is 0 Å². The lowest BCUT2D eigenvalue weighted by molar-refractivity contribution is 0.594. The standard InChI is InChI=1S/C15H18/c1-11-7-5-6-8-13-12(11)9-10-14(13)15(2,3)4/h5-10H,1-4H3. The van der Waals surface area contributed by atoms with Crippen LogP contribution in [0.1, 0.15) is 31.9 Å². The van der Waals surface area contributed by atoms with Gasteiger partial charge in [0.2, 0.25) is 0 Å². The van der Waals surface area contributed by atoms with E-state index in [1.807, 2.05) is 0 Å². The quantitative estimate of drug-likeness (QED) is 0.588. The normalized spacial score (nSPS) is 12.0. The molecule has 2 aliphatic carbocycles. The maximum Gasteiger partial charge on any atom is -0.0126 e. The highest BCUT2D eigenvalue weighted by molar-refractivity contribution is 5.74. The minimum Gasteiger partial charge on any atom is -0.0620 e. The highest BCUT2D eigenvalue weighted by Crippen LogP contribution is 2.36. The van der Waals surface area contributed by atoms with E-state index in [0.717, 1.165) is 0 Å². The topological polar surface area (TPSA) is 0 Å². The monoisotopic (exact) mass is 198 g/mol. The van der Waals surface area contributed by atoms with Crippen molar-refractivity contribution < 1.29 is 0 Å². The molecule has 0 unspecified atom stereocenters. The molecule has 0 amide bonds. The van der Waals surface area contributed by atoms with Crippen molar-refractivity contribution in [3.05, 3.63) is 47.5 Å². The molecule has 0 radical (unpaired) electrons. The van der Waals surface area contributed by atoms with E-state index in [-0.39, 0.29) is 5.41 Å². The molecule has 0 aromatic rings. The number of aryl methyl sites for hydroxylation is 1. The molecule has 0 aliphatic heterocycles. The zero-order valence-corrected chi connectivity index (χ0v) is 9.96. The molecule has 0 nitrogen and oxygen atoms in total. The molecule has 2 aliphatic rings. The summed E-state index contributed by atoms with van der Waals surface area (Å²) < 4.78 is 0. The first-order valence-corrected chi connectivity index (χ1v) is 5.49.